The molecule has 0 aliphatic rings. The van der Waals surface area contributed by atoms with Gasteiger partial charge in [0.25, 0.3) is 0 Å². The minimum absolute atomic E-state index is 0.0387. The molecule has 0 spiro atoms. The topological polar surface area (TPSA) is 52.1 Å². The van der Waals surface area contributed by atoms with E-state index in [1.54, 1.807) is 6.92 Å². The van der Waals surface area contributed by atoms with Gasteiger partial charge in [0.15, 0.2) is 10.8 Å². The summed E-state index contributed by atoms with van der Waals surface area (Å²) in [5, 5.41) is 0.457. The summed E-state index contributed by atoms with van der Waals surface area (Å²) in [6.07, 6.45) is 1.04. The van der Waals surface area contributed by atoms with E-state index in [1.807, 2.05) is 0 Å². The summed E-state index contributed by atoms with van der Waals surface area (Å²) in [6, 6.07) is 2.63. The van der Waals surface area contributed by atoms with Gasteiger partial charge in [-0.2, -0.15) is 0 Å². The summed E-state index contributed by atoms with van der Waals surface area (Å²) in [7, 11) is 0. The summed E-state index contributed by atoms with van der Waals surface area (Å²) in [5.74, 6) is -1.10. The van der Waals surface area contributed by atoms with E-state index >= 15 is 0 Å². The van der Waals surface area contributed by atoms with Crippen LogP contribution < -0.4 is 0 Å². The largest absolute Gasteiger partial charge is 0.461 e. The van der Waals surface area contributed by atoms with Crippen molar-refractivity contribution < 1.29 is 13.9 Å². The first-order chi connectivity index (χ1) is 8.11. The van der Waals surface area contributed by atoms with E-state index in [2.05, 4.69) is 9.97 Å². The van der Waals surface area contributed by atoms with Crippen LogP contribution in [0.2, 0.25) is 5.15 Å². The van der Waals surface area contributed by atoms with Crippen molar-refractivity contribution in [2.45, 2.75) is 6.92 Å². The van der Waals surface area contributed by atoms with E-state index in [0.717, 1.165) is 6.20 Å². The molecule has 0 aromatic carbocycles. The maximum atomic E-state index is 13.0. The quantitative estimate of drug-likeness (QED) is 0.611. The predicted octanol–water partition coefficient (Wildman–Crippen LogP) is 2.60. The van der Waals surface area contributed by atoms with E-state index in [1.165, 1.54) is 12.1 Å². The molecule has 2 aromatic heterocycles. The number of halogens is 2. The van der Waals surface area contributed by atoms with E-state index in [0.29, 0.717) is 10.9 Å². The van der Waals surface area contributed by atoms with Crippen molar-refractivity contribution in [1.29, 1.82) is 0 Å². The third kappa shape index (κ3) is 2.34. The Bertz CT molecular complexity index is 589. The van der Waals surface area contributed by atoms with Crippen molar-refractivity contribution in [2.75, 3.05) is 6.61 Å². The Hall–Kier alpha value is -1.75. The second-order valence-corrected chi connectivity index (χ2v) is 3.60. The first-order valence-corrected chi connectivity index (χ1v) is 5.28. The molecular weight excluding hydrogens is 247 g/mol. The molecule has 0 aliphatic carbocycles. The van der Waals surface area contributed by atoms with Crippen molar-refractivity contribution >= 4 is 28.5 Å². The summed E-state index contributed by atoms with van der Waals surface area (Å²) in [5.41, 5.74) is 0.387. The lowest BCUT2D eigenvalue weighted by Gasteiger charge is -2.04. The van der Waals surface area contributed by atoms with Crippen LogP contribution in [-0.2, 0) is 4.74 Å². The zero-order valence-electron chi connectivity index (χ0n) is 8.91. The number of fused-ring (bicyclic) bond motifs is 1. The number of hydrogen-bond acceptors (Lipinski definition) is 4. The lowest BCUT2D eigenvalue weighted by molar-refractivity contribution is 0.0519. The second kappa shape index (κ2) is 4.63. The van der Waals surface area contributed by atoms with Crippen LogP contribution in [-0.4, -0.2) is 22.5 Å². The van der Waals surface area contributed by atoms with Gasteiger partial charge in [-0.15, -0.1) is 0 Å². The number of pyridine rings is 2. The molecule has 2 rings (SSSR count). The molecule has 0 N–H and O–H groups in total. The minimum atomic E-state index is -0.597. The monoisotopic (exact) mass is 254 g/mol. The molecule has 0 radical (unpaired) electrons. The van der Waals surface area contributed by atoms with Crippen molar-refractivity contribution in [3.05, 3.63) is 35.0 Å². The molecule has 4 nitrogen and oxygen atoms in total. The molecule has 2 heterocycles. The highest BCUT2D eigenvalue weighted by Crippen LogP contribution is 2.21. The van der Waals surface area contributed by atoms with Crippen molar-refractivity contribution in [1.82, 2.24) is 9.97 Å². The van der Waals surface area contributed by atoms with Crippen molar-refractivity contribution in [3.8, 4) is 0 Å². The van der Waals surface area contributed by atoms with Gasteiger partial charge >= 0.3 is 5.97 Å². The van der Waals surface area contributed by atoms with Crippen molar-refractivity contribution in [3.63, 3.8) is 0 Å². The van der Waals surface area contributed by atoms with Gasteiger partial charge in [-0.05, 0) is 19.1 Å². The predicted molar refractivity (Wildman–Crippen MR) is 60.5 cm³/mol. The lowest BCUT2D eigenvalue weighted by Crippen LogP contribution is -2.07. The molecule has 6 heteroatoms. The number of carbonyl (C=O) groups excluding carboxylic acids is 1. The minimum Gasteiger partial charge on any atom is -0.461 e. The SMILES string of the molecule is CCOC(=O)c1cc2cc(F)cnc2c(Cl)n1. The maximum Gasteiger partial charge on any atom is 0.356 e. The van der Waals surface area contributed by atoms with Gasteiger partial charge in [0.1, 0.15) is 11.3 Å². The molecule has 0 amide bonds. The van der Waals surface area contributed by atoms with Crippen LogP contribution in [0, 0.1) is 5.82 Å². The van der Waals surface area contributed by atoms with E-state index in [-0.39, 0.29) is 17.5 Å². The highest BCUT2D eigenvalue weighted by molar-refractivity contribution is 6.34. The Labute approximate surface area is 101 Å². The van der Waals surface area contributed by atoms with Gasteiger partial charge in [-0.1, -0.05) is 11.6 Å². The fourth-order valence-corrected chi connectivity index (χ4v) is 1.63. The van der Waals surface area contributed by atoms with Crippen LogP contribution in [0.5, 0.6) is 0 Å². The molecule has 2 aromatic rings. The van der Waals surface area contributed by atoms with Crippen LogP contribution in [0.3, 0.4) is 0 Å². The van der Waals surface area contributed by atoms with E-state index in [9.17, 15) is 9.18 Å². The van der Waals surface area contributed by atoms with Crippen LogP contribution in [0.4, 0.5) is 4.39 Å². The highest BCUT2D eigenvalue weighted by atomic mass is 35.5. The number of aromatic nitrogens is 2. The molecule has 0 fully saturated rings. The smallest absolute Gasteiger partial charge is 0.356 e. The molecule has 0 saturated heterocycles. The zero-order chi connectivity index (χ0) is 12.4. The van der Waals surface area contributed by atoms with Gasteiger partial charge in [0, 0.05) is 5.39 Å². The Morgan fingerprint density at radius 3 is 3.00 bits per heavy atom. The summed E-state index contributed by atoms with van der Waals surface area (Å²) in [4.78, 5) is 19.1. The fraction of sp³-hybridized carbons (Fsp3) is 0.182. The summed E-state index contributed by atoms with van der Waals surface area (Å²) >= 11 is 5.85. The third-order valence-corrected chi connectivity index (χ3v) is 2.34. The van der Waals surface area contributed by atoms with Crippen molar-refractivity contribution in [2.24, 2.45) is 0 Å². The van der Waals surface area contributed by atoms with Crippen LogP contribution >= 0.6 is 11.6 Å². The van der Waals surface area contributed by atoms with Crippen LogP contribution in [0.15, 0.2) is 18.3 Å². The third-order valence-electron chi connectivity index (χ3n) is 2.07. The van der Waals surface area contributed by atoms with Crippen LogP contribution in [0.1, 0.15) is 17.4 Å². The molecule has 0 bridgehead atoms. The van der Waals surface area contributed by atoms with Crippen LogP contribution in [0.25, 0.3) is 10.9 Å². The number of carbonyl (C=O) groups is 1. The van der Waals surface area contributed by atoms with E-state index in [4.69, 9.17) is 16.3 Å². The Morgan fingerprint density at radius 1 is 1.53 bits per heavy atom. The fourth-order valence-electron chi connectivity index (χ4n) is 1.39. The van der Waals surface area contributed by atoms with Gasteiger partial charge in [-0.25, -0.2) is 19.2 Å². The molecule has 0 aliphatic heterocycles. The lowest BCUT2D eigenvalue weighted by atomic mass is 10.2. The molecule has 17 heavy (non-hydrogen) atoms. The maximum absolute atomic E-state index is 13.0. The summed E-state index contributed by atoms with van der Waals surface area (Å²) < 4.78 is 17.8. The van der Waals surface area contributed by atoms with Gasteiger partial charge in [0.2, 0.25) is 0 Å². The number of nitrogens with zero attached hydrogens (tertiary/aromatic N) is 2. The van der Waals surface area contributed by atoms with Gasteiger partial charge in [0.05, 0.1) is 12.8 Å². The number of esters is 1. The Balaban J connectivity index is 2.57. The number of hydrogen-bond donors (Lipinski definition) is 0. The van der Waals surface area contributed by atoms with Gasteiger partial charge in [-0.3, -0.25) is 0 Å². The normalized spacial score (nSPS) is 10.5. The average molecular weight is 255 g/mol. The molecule has 0 unspecified atom stereocenters. The standard InChI is InChI=1S/C11H8ClFN2O2/c1-2-17-11(16)8-4-6-3-7(13)5-14-9(6)10(12)15-8/h3-5H,2H2,1H3. The number of ether oxygens (including phenoxy) is 1. The first kappa shape index (κ1) is 11.7. The average Bonchev–Trinajstić information content (AvgIpc) is 2.28. The highest BCUT2D eigenvalue weighted by Gasteiger charge is 2.13. The summed E-state index contributed by atoms with van der Waals surface area (Å²) in [6.45, 7) is 1.92. The molecule has 0 atom stereocenters. The second-order valence-electron chi connectivity index (χ2n) is 3.24. The Morgan fingerprint density at radius 2 is 2.29 bits per heavy atom. The number of rotatable bonds is 2. The molecule has 88 valence electrons. The first-order valence-electron chi connectivity index (χ1n) is 4.90. The van der Waals surface area contributed by atoms with E-state index < -0.39 is 11.8 Å². The molecular formula is C11H8ClFN2O2. The van der Waals surface area contributed by atoms with Gasteiger partial charge < -0.3 is 4.74 Å². The Kier molecular flexibility index (Phi) is 3.19. The molecule has 0 saturated carbocycles. The zero-order valence-corrected chi connectivity index (χ0v) is 9.66.